The zero-order valence-corrected chi connectivity index (χ0v) is 21.3. The van der Waals surface area contributed by atoms with Gasteiger partial charge in [-0.25, -0.2) is 9.98 Å². The maximum Gasteiger partial charge on any atom is 0.380 e. The van der Waals surface area contributed by atoms with Crippen molar-refractivity contribution in [2.45, 2.75) is 54.0 Å². The van der Waals surface area contributed by atoms with Crippen LogP contribution >= 0.6 is 23.5 Å². The minimum Gasteiger partial charge on any atom is -0.244 e. The molecule has 0 amide bonds. The predicted molar refractivity (Wildman–Crippen MR) is 136 cm³/mol. The van der Waals surface area contributed by atoms with Gasteiger partial charge in [-0.1, -0.05) is 98.0 Å². The minimum atomic E-state index is -5.63. The summed E-state index contributed by atoms with van der Waals surface area (Å²) < 4.78 is 89.2. The van der Waals surface area contributed by atoms with Crippen molar-refractivity contribution in [3.8, 4) is 0 Å². The van der Waals surface area contributed by atoms with E-state index in [-0.39, 0.29) is 12.8 Å². The number of thioether (sulfide) groups is 2. The monoisotopic (exact) mass is 550 g/mol. The molecule has 0 saturated heterocycles. The van der Waals surface area contributed by atoms with Gasteiger partial charge in [0.25, 0.3) is 0 Å². The normalized spacial score (nSPS) is 30.6. The van der Waals surface area contributed by atoms with E-state index < -0.39 is 49.8 Å². The highest BCUT2D eigenvalue weighted by atomic mass is 32.2. The van der Waals surface area contributed by atoms with Crippen LogP contribution in [0.4, 0.5) is 26.3 Å². The SMILES string of the molecule is CC[C@@]12SC(c3ccccc3)=NC1=C1C(=C3N=C(c4ccccc4)S[C@]32CC)C(F)(F)C(F)(F)C1(F)F. The van der Waals surface area contributed by atoms with Crippen LogP contribution in [0.15, 0.2) is 93.2 Å². The summed E-state index contributed by atoms with van der Waals surface area (Å²) in [4.78, 5) is 8.92. The number of hydrogen-bond donors (Lipinski definition) is 0. The molecule has 2 aromatic rings. The molecule has 0 bridgehead atoms. The second-order valence-electron chi connectivity index (χ2n) is 9.30. The third-order valence-electron chi connectivity index (χ3n) is 7.56. The lowest BCUT2D eigenvalue weighted by molar-refractivity contribution is -0.258. The Morgan fingerprint density at radius 2 is 0.946 bits per heavy atom. The highest BCUT2D eigenvalue weighted by molar-refractivity contribution is 8.20. The number of halogens is 6. The second-order valence-corrected chi connectivity index (χ2v) is 11.9. The maximum atomic E-state index is 15.5. The number of fused-ring (bicyclic) bond motifs is 4. The molecular weight excluding hydrogens is 530 g/mol. The summed E-state index contributed by atoms with van der Waals surface area (Å²) in [5, 5.41) is 0.669. The summed E-state index contributed by atoms with van der Waals surface area (Å²) in [6.07, 6.45) is 0.386. The van der Waals surface area contributed by atoms with Crippen molar-refractivity contribution in [3.63, 3.8) is 0 Å². The minimum absolute atomic E-state index is 0.193. The molecule has 2 aromatic carbocycles. The van der Waals surface area contributed by atoms with Gasteiger partial charge >= 0.3 is 17.8 Å². The summed E-state index contributed by atoms with van der Waals surface area (Å²) >= 11 is 2.37. The van der Waals surface area contributed by atoms with Crippen LogP contribution < -0.4 is 0 Å². The molecule has 6 rings (SSSR count). The van der Waals surface area contributed by atoms with E-state index in [1.54, 1.807) is 74.5 Å². The quantitative estimate of drug-likeness (QED) is 0.359. The van der Waals surface area contributed by atoms with Gasteiger partial charge in [0.1, 0.15) is 10.1 Å². The van der Waals surface area contributed by atoms with Crippen LogP contribution in [-0.2, 0) is 0 Å². The smallest absolute Gasteiger partial charge is 0.244 e. The van der Waals surface area contributed by atoms with Gasteiger partial charge in [0.15, 0.2) is 0 Å². The molecule has 192 valence electrons. The Hall–Kier alpha value is -2.46. The van der Waals surface area contributed by atoms with Crippen LogP contribution in [0, 0.1) is 0 Å². The van der Waals surface area contributed by atoms with Crippen LogP contribution in [0.25, 0.3) is 0 Å². The van der Waals surface area contributed by atoms with E-state index in [4.69, 9.17) is 0 Å². The summed E-state index contributed by atoms with van der Waals surface area (Å²) in [7, 11) is 0. The molecule has 1 saturated carbocycles. The number of hydrogen-bond acceptors (Lipinski definition) is 4. The molecule has 2 aliphatic heterocycles. The van der Waals surface area contributed by atoms with Crippen molar-refractivity contribution in [1.82, 2.24) is 0 Å². The van der Waals surface area contributed by atoms with Crippen LogP contribution in [-0.4, -0.2) is 37.3 Å². The second kappa shape index (κ2) is 7.79. The van der Waals surface area contributed by atoms with Crippen molar-refractivity contribution in [2.75, 3.05) is 0 Å². The highest BCUT2D eigenvalue weighted by Crippen LogP contribution is 2.74. The molecule has 37 heavy (non-hydrogen) atoms. The first-order chi connectivity index (χ1) is 17.5. The first-order valence-corrected chi connectivity index (χ1v) is 13.4. The Balaban J connectivity index is 1.72. The third kappa shape index (κ3) is 2.83. The molecular formula is C27H20F6N2S2. The van der Waals surface area contributed by atoms with E-state index in [1.165, 1.54) is 23.5 Å². The van der Waals surface area contributed by atoms with Crippen molar-refractivity contribution in [2.24, 2.45) is 9.98 Å². The Bertz CT molecular complexity index is 1320. The summed E-state index contributed by atoms with van der Waals surface area (Å²) in [5.41, 5.74) is -2.33. The van der Waals surface area contributed by atoms with Gasteiger partial charge < -0.3 is 0 Å². The average molecular weight is 551 g/mol. The fourth-order valence-electron chi connectivity index (χ4n) is 5.74. The van der Waals surface area contributed by atoms with Gasteiger partial charge in [-0.05, 0) is 12.8 Å². The Morgan fingerprint density at radius 3 is 1.27 bits per heavy atom. The molecule has 2 heterocycles. The molecule has 2 aliphatic carbocycles. The summed E-state index contributed by atoms with van der Waals surface area (Å²) in [6.45, 7) is 3.50. The third-order valence-corrected chi connectivity index (χ3v) is 11.1. The molecule has 0 N–H and O–H groups in total. The highest BCUT2D eigenvalue weighted by Gasteiger charge is 2.85. The molecule has 0 spiro atoms. The lowest BCUT2D eigenvalue weighted by atomic mass is 9.73. The lowest BCUT2D eigenvalue weighted by Gasteiger charge is -2.48. The van der Waals surface area contributed by atoms with Crippen molar-refractivity contribution >= 4 is 33.6 Å². The first kappa shape index (κ1) is 24.9. The molecule has 2 nitrogen and oxygen atoms in total. The van der Waals surface area contributed by atoms with Gasteiger partial charge in [-0.15, -0.1) is 0 Å². The zero-order valence-electron chi connectivity index (χ0n) is 19.7. The van der Waals surface area contributed by atoms with E-state index in [9.17, 15) is 8.78 Å². The number of aliphatic imine (C=N–C) groups is 2. The van der Waals surface area contributed by atoms with Gasteiger partial charge in [0.2, 0.25) is 0 Å². The van der Waals surface area contributed by atoms with E-state index in [2.05, 4.69) is 9.98 Å². The van der Waals surface area contributed by atoms with Gasteiger partial charge in [0, 0.05) is 11.1 Å². The van der Waals surface area contributed by atoms with Crippen LogP contribution in [0.5, 0.6) is 0 Å². The summed E-state index contributed by atoms with van der Waals surface area (Å²) in [5.74, 6) is -15.9. The average Bonchev–Trinajstić information content (AvgIpc) is 3.51. The molecule has 4 aliphatic rings. The lowest BCUT2D eigenvalue weighted by Crippen LogP contribution is -2.52. The molecule has 1 fully saturated rings. The fraction of sp³-hybridized carbons (Fsp3) is 0.333. The van der Waals surface area contributed by atoms with Gasteiger partial charge in [-0.2, -0.15) is 26.3 Å². The van der Waals surface area contributed by atoms with E-state index in [1.807, 2.05) is 0 Å². The number of nitrogens with zero attached hydrogens (tertiary/aromatic N) is 2. The Labute approximate surface area is 218 Å². The largest absolute Gasteiger partial charge is 0.380 e. The maximum absolute atomic E-state index is 15.5. The molecule has 2 atom stereocenters. The number of rotatable bonds is 4. The van der Waals surface area contributed by atoms with Crippen molar-refractivity contribution in [3.05, 3.63) is 94.3 Å². The molecule has 0 aromatic heterocycles. The van der Waals surface area contributed by atoms with E-state index >= 15 is 17.6 Å². The Kier molecular flexibility index (Phi) is 5.23. The first-order valence-electron chi connectivity index (χ1n) is 11.8. The molecule has 0 unspecified atom stereocenters. The topological polar surface area (TPSA) is 24.7 Å². The van der Waals surface area contributed by atoms with Crippen LogP contribution in [0.2, 0.25) is 0 Å². The van der Waals surface area contributed by atoms with E-state index in [0.29, 0.717) is 21.2 Å². The van der Waals surface area contributed by atoms with E-state index in [0.717, 1.165) is 0 Å². The standard InChI is InChI=1S/C27H20F6N2S2/c1-3-23-19(34-21(36-23)15-11-7-5-8-12-15)17-18(26(30,31)27(32,33)25(17,28)29)20-24(23,4-2)37-22(35-20)16-13-9-6-10-14-16/h5-14H,3-4H2,1-2H3/t23-,24-/m1/s1. The van der Waals surface area contributed by atoms with Crippen LogP contribution in [0.1, 0.15) is 37.8 Å². The number of allylic oxidation sites excluding steroid dienone is 2. The molecule has 0 radical (unpaired) electrons. The number of benzene rings is 2. The fourth-order valence-corrected chi connectivity index (χ4v) is 9.02. The van der Waals surface area contributed by atoms with Gasteiger partial charge in [0.05, 0.1) is 32.0 Å². The van der Waals surface area contributed by atoms with Crippen LogP contribution in [0.3, 0.4) is 0 Å². The summed E-state index contributed by atoms with van der Waals surface area (Å²) in [6, 6.07) is 17.5. The zero-order chi connectivity index (χ0) is 26.4. The van der Waals surface area contributed by atoms with Crippen molar-refractivity contribution < 1.29 is 26.3 Å². The number of alkyl halides is 6. The molecule has 10 heteroatoms. The van der Waals surface area contributed by atoms with Gasteiger partial charge in [-0.3, -0.25) is 0 Å². The predicted octanol–water partition coefficient (Wildman–Crippen LogP) is 8.11. The Morgan fingerprint density at radius 1 is 0.595 bits per heavy atom. The van der Waals surface area contributed by atoms with Crippen molar-refractivity contribution in [1.29, 1.82) is 0 Å².